The molecule has 7 nitrogen and oxygen atoms in total. The number of carbonyl (C=O) groups is 2. The van der Waals surface area contributed by atoms with Gasteiger partial charge in [-0.15, -0.1) is 0 Å². The number of amides is 1. The van der Waals surface area contributed by atoms with Gasteiger partial charge in [-0.25, -0.2) is 0 Å². The number of aryl methyl sites for hydroxylation is 1. The van der Waals surface area contributed by atoms with Crippen molar-refractivity contribution in [2.45, 2.75) is 57.4 Å². The molecule has 0 spiro atoms. The Labute approximate surface area is 248 Å². The maximum absolute atomic E-state index is 13.0. The molecule has 1 fully saturated rings. The normalized spacial score (nSPS) is 16.9. The summed E-state index contributed by atoms with van der Waals surface area (Å²) in [5, 5.41) is 8.56. The van der Waals surface area contributed by atoms with E-state index in [9.17, 15) is 29.0 Å². The summed E-state index contributed by atoms with van der Waals surface area (Å²) >= 11 is 0. The SMILES string of the molecule is CCCC(CCCC(=O)c1ccc(S(F)(F)(F)(F)F)cc1)Cn1cc2cc(C(=O)NCCN3CCOCC3)c(C)cc2n1. The van der Waals surface area contributed by atoms with Crippen LogP contribution in [0.3, 0.4) is 0 Å². The maximum atomic E-state index is 13.0. The Hall–Kier alpha value is -3.03. The van der Waals surface area contributed by atoms with Crippen LogP contribution in [-0.4, -0.2) is 65.8 Å². The van der Waals surface area contributed by atoms with Crippen molar-refractivity contribution in [3.8, 4) is 0 Å². The summed E-state index contributed by atoms with van der Waals surface area (Å²) in [6, 6.07) is 5.94. The third-order valence-electron chi connectivity index (χ3n) is 7.74. The van der Waals surface area contributed by atoms with Crippen LogP contribution in [0.25, 0.3) is 10.9 Å². The number of morpholine rings is 1. The van der Waals surface area contributed by atoms with E-state index < -0.39 is 15.1 Å². The van der Waals surface area contributed by atoms with Crippen molar-refractivity contribution >= 4 is 32.8 Å². The molecular weight excluding hydrogens is 591 g/mol. The van der Waals surface area contributed by atoms with E-state index in [0.717, 1.165) is 61.1 Å². The van der Waals surface area contributed by atoms with Gasteiger partial charge >= 0.3 is 10.2 Å². The van der Waals surface area contributed by atoms with E-state index in [2.05, 4.69) is 17.1 Å². The molecule has 1 amide bonds. The highest BCUT2D eigenvalue weighted by atomic mass is 32.5. The monoisotopic (exact) mass is 630 g/mol. The largest absolute Gasteiger partial charge is 0.379 e. The standard InChI is InChI=1S/C30H39F5N4O3S/c1-3-5-23(6-4-7-29(40)24-8-10-26(11-9-24)43(31,32,33,34)35)20-39-21-25-19-27(22(2)18-28(25)37-39)30(41)36-12-13-38-14-16-42-17-15-38/h8-11,18-19,21,23H,3-7,12-17,20H2,1-2H3,(H,36,41). The first-order valence-corrected chi connectivity index (χ1v) is 16.5. The Balaban J connectivity index is 1.32. The highest BCUT2D eigenvalue weighted by molar-refractivity contribution is 8.45. The molecule has 1 aliphatic heterocycles. The topological polar surface area (TPSA) is 76.5 Å². The predicted octanol–water partition coefficient (Wildman–Crippen LogP) is 7.53. The minimum absolute atomic E-state index is 0.0210. The molecule has 1 atom stereocenters. The summed E-state index contributed by atoms with van der Waals surface area (Å²) in [5.41, 5.74) is 2.19. The first kappa shape index (κ1) is 32.9. The molecule has 1 unspecified atom stereocenters. The quantitative estimate of drug-likeness (QED) is 0.147. The van der Waals surface area contributed by atoms with Crippen molar-refractivity contribution in [2.75, 3.05) is 39.4 Å². The second-order valence-corrected chi connectivity index (χ2v) is 13.7. The number of rotatable bonds is 14. The highest BCUT2D eigenvalue weighted by Gasteiger charge is 2.65. The molecule has 0 saturated carbocycles. The Morgan fingerprint density at radius 1 is 1.05 bits per heavy atom. The van der Waals surface area contributed by atoms with Crippen molar-refractivity contribution in [3.05, 3.63) is 59.3 Å². The van der Waals surface area contributed by atoms with Crippen LogP contribution >= 0.6 is 10.2 Å². The number of hydrogen-bond donors (Lipinski definition) is 1. The number of ether oxygens (including phenoxy) is 1. The predicted molar refractivity (Wildman–Crippen MR) is 158 cm³/mol. The van der Waals surface area contributed by atoms with Crippen LogP contribution in [0.5, 0.6) is 0 Å². The molecular formula is C30H39F5N4O3S. The molecule has 2 aromatic carbocycles. The van der Waals surface area contributed by atoms with Crippen LogP contribution in [0.15, 0.2) is 47.5 Å². The maximum Gasteiger partial charge on any atom is 0.310 e. The van der Waals surface area contributed by atoms with E-state index in [-0.39, 0.29) is 41.7 Å². The van der Waals surface area contributed by atoms with Gasteiger partial charge in [0.2, 0.25) is 0 Å². The third-order valence-corrected chi connectivity index (χ3v) is 8.90. The number of fused-ring (bicyclic) bond motifs is 1. The van der Waals surface area contributed by atoms with E-state index >= 15 is 0 Å². The first-order valence-electron chi connectivity index (χ1n) is 14.6. The number of ketones is 1. The minimum atomic E-state index is -9.77. The van der Waals surface area contributed by atoms with Crippen molar-refractivity contribution in [1.82, 2.24) is 20.0 Å². The highest BCUT2D eigenvalue weighted by Crippen LogP contribution is 3.02. The van der Waals surface area contributed by atoms with Crippen LogP contribution in [0.1, 0.15) is 65.3 Å². The zero-order valence-electron chi connectivity index (χ0n) is 24.5. The number of Topliss-reactive ketones (excluding diaryl/α,β-unsaturated/α-hetero) is 1. The lowest BCUT2D eigenvalue weighted by atomic mass is 9.95. The Morgan fingerprint density at radius 2 is 1.74 bits per heavy atom. The second-order valence-electron chi connectivity index (χ2n) is 11.3. The lowest BCUT2D eigenvalue weighted by Crippen LogP contribution is -2.41. The number of nitrogens with zero attached hydrogens (tertiary/aromatic N) is 3. The third kappa shape index (κ3) is 9.23. The summed E-state index contributed by atoms with van der Waals surface area (Å²) in [4.78, 5) is 25.7. The first-order chi connectivity index (χ1) is 20.1. The lowest BCUT2D eigenvalue weighted by molar-refractivity contribution is 0.0383. The van der Waals surface area contributed by atoms with E-state index in [4.69, 9.17) is 9.84 Å². The molecule has 4 rings (SSSR count). The molecule has 1 aromatic heterocycles. The van der Waals surface area contributed by atoms with Gasteiger partial charge in [0.1, 0.15) is 4.90 Å². The summed E-state index contributed by atoms with van der Waals surface area (Å²) in [5.74, 6) is -0.316. The Kier molecular flexibility index (Phi) is 9.58. The summed E-state index contributed by atoms with van der Waals surface area (Å²) < 4.78 is 72.0. The number of halogens is 5. The summed E-state index contributed by atoms with van der Waals surface area (Å²) in [6.45, 7) is 9.00. The molecule has 43 heavy (non-hydrogen) atoms. The van der Waals surface area contributed by atoms with Gasteiger partial charge in [-0.05, 0) is 74.1 Å². The van der Waals surface area contributed by atoms with E-state index in [0.29, 0.717) is 44.7 Å². The molecule has 13 heteroatoms. The van der Waals surface area contributed by atoms with Gasteiger partial charge in [-0.1, -0.05) is 32.8 Å². The summed E-state index contributed by atoms with van der Waals surface area (Å²) in [6.07, 6.45) is 5.01. The van der Waals surface area contributed by atoms with Crippen LogP contribution in [0, 0.1) is 12.8 Å². The molecule has 3 aromatic rings. The summed E-state index contributed by atoms with van der Waals surface area (Å²) in [7, 11) is -9.77. The fourth-order valence-corrected chi connectivity index (χ4v) is 6.06. The van der Waals surface area contributed by atoms with Crippen LogP contribution in [0.4, 0.5) is 19.4 Å². The Bertz CT molecular complexity index is 1440. The molecule has 0 radical (unpaired) electrons. The number of nitrogens with one attached hydrogen (secondary N) is 1. The fourth-order valence-electron chi connectivity index (χ4n) is 5.41. The van der Waals surface area contributed by atoms with Gasteiger partial charge in [0.25, 0.3) is 5.91 Å². The van der Waals surface area contributed by atoms with Crippen molar-refractivity contribution in [3.63, 3.8) is 0 Å². The number of aromatic nitrogens is 2. The van der Waals surface area contributed by atoms with Gasteiger partial charge < -0.3 is 10.1 Å². The van der Waals surface area contributed by atoms with Crippen LogP contribution in [-0.2, 0) is 11.3 Å². The van der Waals surface area contributed by atoms with Gasteiger partial charge in [-0.2, -0.15) is 5.10 Å². The van der Waals surface area contributed by atoms with Crippen molar-refractivity contribution < 1.29 is 33.8 Å². The minimum Gasteiger partial charge on any atom is -0.379 e. The number of hydrogen-bond acceptors (Lipinski definition) is 5. The van der Waals surface area contributed by atoms with E-state index in [1.807, 2.05) is 29.9 Å². The molecule has 1 aliphatic rings. The second kappa shape index (κ2) is 12.5. The molecule has 0 aliphatic carbocycles. The smallest absolute Gasteiger partial charge is 0.310 e. The number of carbonyl (C=O) groups excluding carboxylic acids is 2. The van der Waals surface area contributed by atoms with Crippen molar-refractivity contribution in [1.29, 1.82) is 0 Å². The van der Waals surface area contributed by atoms with Crippen LogP contribution < -0.4 is 5.32 Å². The van der Waals surface area contributed by atoms with Gasteiger partial charge in [0.05, 0.1) is 18.7 Å². The average molecular weight is 631 g/mol. The van der Waals surface area contributed by atoms with E-state index in [1.165, 1.54) is 0 Å². The lowest BCUT2D eigenvalue weighted by Gasteiger charge is -2.40. The van der Waals surface area contributed by atoms with E-state index in [1.54, 1.807) is 0 Å². The zero-order valence-corrected chi connectivity index (χ0v) is 25.3. The molecule has 0 bridgehead atoms. The fraction of sp³-hybridized carbons (Fsp3) is 0.500. The Morgan fingerprint density at radius 3 is 2.40 bits per heavy atom. The molecule has 238 valence electrons. The zero-order chi connectivity index (χ0) is 31.3. The van der Waals surface area contributed by atoms with Crippen molar-refractivity contribution in [2.24, 2.45) is 5.92 Å². The number of benzene rings is 2. The van der Waals surface area contributed by atoms with Gasteiger partial charge in [0.15, 0.2) is 5.78 Å². The van der Waals surface area contributed by atoms with Crippen LogP contribution in [0.2, 0.25) is 0 Å². The molecule has 2 heterocycles. The van der Waals surface area contributed by atoms with Gasteiger partial charge in [-0.3, -0.25) is 19.2 Å². The van der Waals surface area contributed by atoms with Gasteiger partial charge in [0, 0.05) is 61.9 Å². The molecule has 1 N–H and O–H groups in total. The molecule has 1 saturated heterocycles. The average Bonchev–Trinajstić information content (AvgIpc) is 3.32.